The molecule has 17 aliphatic carbocycles. The maximum Gasteiger partial charge on any atom is 0.340 e. The smallest absolute Gasteiger partial charge is 0.340 e. The summed E-state index contributed by atoms with van der Waals surface area (Å²) in [7, 11) is 5.98. The lowest BCUT2D eigenvalue weighted by atomic mass is 9.48. The molecule has 24 bridgehead atoms. The Hall–Kier alpha value is -10.1. The summed E-state index contributed by atoms with van der Waals surface area (Å²) in [5.74, 6) is -1.99. The third-order valence-electron chi connectivity index (χ3n) is 33.3. The van der Waals surface area contributed by atoms with Gasteiger partial charge in [0.2, 0.25) is 0 Å². The Morgan fingerprint density at radius 3 is 0.609 bits per heavy atom. The van der Waals surface area contributed by atoms with Gasteiger partial charge in [0, 0.05) is 92.4 Å². The minimum Gasteiger partial charge on any atom is -0.507 e. The molecule has 0 radical (unpaired) electrons. The molecule has 672 valence electrons. The lowest BCUT2D eigenvalue weighted by Gasteiger charge is -2.60. The molecule has 20 nitrogen and oxygen atoms in total. The number of aromatic hydroxyl groups is 4. The van der Waals surface area contributed by atoms with Crippen molar-refractivity contribution in [1.82, 2.24) is 0 Å². The highest BCUT2D eigenvalue weighted by molar-refractivity contribution is 5.91. The third kappa shape index (κ3) is 15.5. The number of hydrogen-bond acceptors (Lipinski definition) is 20. The number of methoxy groups -OCH3 is 4. The van der Waals surface area contributed by atoms with Crippen molar-refractivity contribution in [2.75, 3.05) is 55.6 Å². The van der Waals surface area contributed by atoms with Crippen molar-refractivity contribution >= 4 is 23.9 Å². The molecule has 8 aromatic rings. The van der Waals surface area contributed by atoms with Gasteiger partial charge in [-0.05, 0) is 318 Å². The first-order chi connectivity index (χ1) is 61.5. The van der Waals surface area contributed by atoms with Crippen LogP contribution in [-0.4, -0.2) is 122 Å². The van der Waals surface area contributed by atoms with Crippen LogP contribution in [0.15, 0.2) is 146 Å². The zero-order valence-electron chi connectivity index (χ0n) is 74.9. The van der Waals surface area contributed by atoms with E-state index < -0.39 is 47.5 Å². The highest BCUT2D eigenvalue weighted by Gasteiger charge is 2.61. The van der Waals surface area contributed by atoms with Gasteiger partial charge in [0.05, 0.1) is 73.1 Å². The number of fused-ring (bicyclic) bond motifs is 8. The molecule has 25 rings (SSSR count). The first kappa shape index (κ1) is 84.7. The van der Waals surface area contributed by atoms with Gasteiger partial charge in [0.1, 0.15) is 46.0 Å². The highest BCUT2D eigenvalue weighted by Crippen LogP contribution is 2.68. The Morgan fingerprint density at radius 2 is 0.445 bits per heavy atom. The summed E-state index contributed by atoms with van der Waals surface area (Å²) in [6.45, 7) is 8.67. The molecular formula is C108H120O20. The Kier molecular flexibility index (Phi) is 21.1. The summed E-state index contributed by atoms with van der Waals surface area (Å²) >= 11 is 0. The van der Waals surface area contributed by atoms with E-state index in [9.17, 15) is 39.6 Å². The van der Waals surface area contributed by atoms with Crippen LogP contribution in [-0.2, 0) is 37.9 Å². The van der Waals surface area contributed by atoms with Crippen LogP contribution in [0.1, 0.15) is 314 Å². The average Bonchev–Trinajstić information content (AvgIpc) is 0.745. The van der Waals surface area contributed by atoms with Crippen LogP contribution in [0.3, 0.4) is 0 Å². The van der Waals surface area contributed by atoms with Gasteiger partial charge in [0.25, 0.3) is 0 Å². The summed E-state index contributed by atoms with van der Waals surface area (Å²) in [5.41, 5.74) is 5.47. The minimum atomic E-state index is -1.06. The Bertz CT molecular complexity index is 4920. The molecule has 0 heterocycles. The Balaban J connectivity index is 0.701. The monoisotopic (exact) mass is 1740 g/mol. The predicted octanol–water partition coefficient (Wildman–Crippen LogP) is 21.5. The van der Waals surface area contributed by atoms with Crippen LogP contribution in [0, 0.1) is 69.0 Å². The molecule has 0 saturated heterocycles. The van der Waals surface area contributed by atoms with Gasteiger partial charge in [-0.1, -0.05) is 76.2 Å². The van der Waals surface area contributed by atoms with Gasteiger partial charge in [0.15, 0.2) is 27.2 Å². The normalized spacial score (nSPS) is 33.6. The van der Waals surface area contributed by atoms with Crippen molar-refractivity contribution in [2.24, 2.45) is 69.0 Å². The second kappa shape index (κ2) is 31.9. The molecule has 0 amide bonds. The lowest BCUT2D eigenvalue weighted by molar-refractivity contribution is -0.216. The minimum absolute atomic E-state index is 0.194. The molecule has 20 heteroatoms. The van der Waals surface area contributed by atoms with Crippen LogP contribution in [0.4, 0.5) is 0 Å². The fraction of sp³-hybridized carbons (Fsp3) is 0.519. The second-order valence-corrected chi connectivity index (χ2v) is 43.4. The molecule has 0 aliphatic heterocycles. The topological polar surface area (TPSA) is 260 Å². The van der Waals surface area contributed by atoms with Crippen molar-refractivity contribution in [3.63, 3.8) is 0 Å². The maximum atomic E-state index is 14.5. The lowest BCUT2D eigenvalue weighted by Crippen LogP contribution is -2.56. The van der Waals surface area contributed by atoms with E-state index in [4.69, 9.17) is 56.8 Å². The van der Waals surface area contributed by atoms with Gasteiger partial charge in [-0.2, -0.15) is 0 Å². The molecule has 0 spiro atoms. The van der Waals surface area contributed by atoms with Crippen LogP contribution >= 0.6 is 0 Å². The molecule has 12 unspecified atom stereocenters. The van der Waals surface area contributed by atoms with Crippen LogP contribution in [0.2, 0.25) is 0 Å². The number of carbonyl (C=O) groups excluding carboxylic acids is 4. The van der Waals surface area contributed by atoms with Crippen molar-refractivity contribution < 1.29 is 96.4 Å². The molecule has 0 aromatic heterocycles. The van der Waals surface area contributed by atoms with Gasteiger partial charge in [-0.25, -0.2) is 19.2 Å². The van der Waals surface area contributed by atoms with E-state index in [0.717, 1.165) is 77.0 Å². The molecule has 16 saturated carbocycles. The Labute approximate surface area is 749 Å². The van der Waals surface area contributed by atoms with E-state index >= 15 is 0 Å². The van der Waals surface area contributed by atoms with Crippen LogP contribution < -0.4 is 18.9 Å². The van der Waals surface area contributed by atoms with E-state index in [0.29, 0.717) is 91.9 Å². The average molecular weight is 1740 g/mol. The highest BCUT2D eigenvalue weighted by atomic mass is 16.7. The molecular weight excluding hydrogens is 1620 g/mol. The Morgan fingerprint density at radius 1 is 0.266 bits per heavy atom. The number of carbonyl (C=O) groups is 4. The third-order valence-corrected chi connectivity index (χ3v) is 33.3. The molecule has 16 fully saturated rings. The molecule has 12 atom stereocenters. The van der Waals surface area contributed by atoms with Crippen molar-refractivity contribution in [3.05, 3.63) is 235 Å². The number of ether oxygens (including phenoxy) is 12. The van der Waals surface area contributed by atoms with Crippen LogP contribution in [0.5, 0.6) is 46.0 Å². The number of esters is 4. The zero-order chi connectivity index (χ0) is 88.3. The maximum absolute atomic E-state index is 14.5. The standard InChI is InChI=1S/C108H120O20/c1-101-37-61-25-62(38-101)46-105(45-61,53-101)125-57-121-97(113)73-17-9-69(10-18-73)93-77-29-82(90(118-6)33-85(77)109)95(71-13-21-75(22-14-71)99(115)123-59-127-107-49-65-27-66(50-107)42-103(3,41-65)55-107)79-31-84(92(120-8)35-87(79)111)96(72-15-23-76(24-16-72)100(116)124-60-128-108-51-67-28-68(52-108)44-104(4,43-67)56-108)80-32-83(91(119-7)36-88(80)112)94(78-30-81(93)89(117-5)34-86(78)110)70-11-19-74(20-12-70)98(114)122-58-126-106-47-63-26-64(48-106)40-102(2,39-63)54-106/h9-24,29-36,61-68,93-96,109-112H,25-28,37-60H2,1-8H3. The molecule has 17 aliphatic rings. The SMILES string of the molecule is COc1cc(O)c2cc1C(c1ccc(C(=O)OCOC34CC5CC(CC(C)(C5)C3)C4)cc1)c1cc(c(OC)cc1O)C(c1ccc(C(=O)OCOC34CC5CC(CC(C)(C5)C3)C4)cc1)c1cc(c(OC)cc1O)C(c1ccc(C(=O)OCOC34CC5CC(CC(C)(C5)C3)C4)cc1)c1cc(c(OC)cc1O)C2c1ccc(C(=O)OCOC23CC4CC(CC(C)(C4)C2)C3)cc1. The van der Waals surface area contributed by atoms with Crippen molar-refractivity contribution in [3.8, 4) is 46.0 Å². The van der Waals surface area contributed by atoms with Gasteiger partial charge < -0.3 is 77.3 Å². The van der Waals surface area contributed by atoms with Crippen molar-refractivity contribution in [1.29, 1.82) is 0 Å². The van der Waals surface area contributed by atoms with Gasteiger partial charge in [-0.15, -0.1) is 0 Å². The molecule has 128 heavy (non-hydrogen) atoms. The predicted molar refractivity (Wildman–Crippen MR) is 476 cm³/mol. The van der Waals surface area contributed by atoms with Gasteiger partial charge in [-0.3, -0.25) is 0 Å². The van der Waals surface area contributed by atoms with Crippen LogP contribution in [0.25, 0.3) is 0 Å². The quantitative estimate of drug-likeness (QED) is 0.0249. The fourth-order valence-corrected chi connectivity index (χ4v) is 30.7. The summed E-state index contributed by atoms with van der Waals surface area (Å²) in [6.07, 6.45) is 25.8. The molecule has 4 N–H and O–H groups in total. The summed E-state index contributed by atoms with van der Waals surface area (Å²) in [5, 5.41) is 53.0. The van der Waals surface area contributed by atoms with E-state index in [-0.39, 0.29) is 162 Å². The van der Waals surface area contributed by atoms with E-state index in [2.05, 4.69) is 27.7 Å². The van der Waals surface area contributed by atoms with Crippen molar-refractivity contribution in [2.45, 2.75) is 228 Å². The first-order valence-corrected chi connectivity index (χ1v) is 46.8. The first-order valence-electron chi connectivity index (χ1n) is 46.8. The van der Waals surface area contributed by atoms with E-state index in [1.165, 1.54) is 130 Å². The summed E-state index contributed by atoms with van der Waals surface area (Å²) in [6, 6.07) is 41.3. The van der Waals surface area contributed by atoms with E-state index in [1.807, 2.05) is 24.3 Å². The van der Waals surface area contributed by atoms with E-state index in [1.54, 1.807) is 97.1 Å². The summed E-state index contributed by atoms with van der Waals surface area (Å²) < 4.78 is 76.5. The number of benzene rings is 8. The fourth-order valence-electron chi connectivity index (χ4n) is 30.7. The number of phenolic OH excluding ortho intramolecular Hbond substituents is 4. The van der Waals surface area contributed by atoms with Gasteiger partial charge >= 0.3 is 23.9 Å². The zero-order valence-corrected chi connectivity index (χ0v) is 74.9. The summed E-state index contributed by atoms with van der Waals surface area (Å²) in [4.78, 5) is 57.9. The second-order valence-electron chi connectivity index (χ2n) is 43.4. The number of phenols is 4. The molecule has 8 aromatic carbocycles. The number of rotatable bonds is 24. The number of hydrogen-bond donors (Lipinski definition) is 4. The largest absolute Gasteiger partial charge is 0.507 e.